The third-order valence-electron chi connectivity index (χ3n) is 4.01. The predicted molar refractivity (Wildman–Crippen MR) is 74.2 cm³/mol. The van der Waals surface area contributed by atoms with Gasteiger partial charge in [-0.1, -0.05) is 0 Å². The van der Waals surface area contributed by atoms with Gasteiger partial charge < -0.3 is 9.47 Å². The number of amides is 1. The second-order valence-electron chi connectivity index (χ2n) is 6.65. The molecule has 114 valence electrons. The highest BCUT2D eigenvalue weighted by Crippen LogP contribution is 2.40. The van der Waals surface area contributed by atoms with Crippen LogP contribution in [0.3, 0.4) is 0 Å². The number of hydrogen-bond acceptors (Lipinski definition) is 4. The summed E-state index contributed by atoms with van der Waals surface area (Å²) in [5.74, 6) is -0.0701. The van der Waals surface area contributed by atoms with Gasteiger partial charge in [-0.2, -0.15) is 0 Å². The van der Waals surface area contributed by atoms with E-state index >= 15 is 0 Å². The minimum Gasteiger partial charge on any atom is -0.464 e. The monoisotopic (exact) mass is 283 g/mol. The molecular weight excluding hydrogens is 258 g/mol. The van der Waals surface area contributed by atoms with E-state index in [-0.39, 0.29) is 24.0 Å². The fourth-order valence-corrected chi connectivity index (χ4v) is 3.26. The van der Waals surface area contributed by atoms with Gasteiger partial charge in [-0.3, -0.25) is 4.90 Å². The molecular formula is C15H25NO4. The molecule has 3 aliphatic rings. The molecule has 1 atom stereocenters. The molecule has 0 aromatic carbocycles. The summed E-state index contributed by atoms with van der Waals surface area (Å²) in [7, 11) is 0. The minimum absolute atomic E-state index is 0.115. The molecule has 20 heavy (non-hydrogen) atoms. The molecule has 5 nitrogen and oxygen atoms in total. The Hall–Kier alpha value is -1.26. The molecule has 0 unspecified atom stereocenters. The summed E-state index contributed by atoms with van der Waals surface area (Å²) in [5.41, 5.74) is -0.549. The zero-order valence-corrected chi connectivity index (χ0v) is 12.8. The van der Waals surface area contributed by atoms with Gasteiger partial charge >= 0.3 is 12.1 Å². The number of esters is 1. The number of ether oxygens (including phenoxy) is 2. The van der Waals surface area contributed by atoms with E-state index in [0.717, 1.165) is 25.7 Å². The van der Waals surface area contributed by atoms with E-state index in [1.54, 1.807) is 11.8 Å². The largest absolute Gasteiger partial charge is 0.464 e. The molecule has 2 bridgehead atoms. The third kappa shape index (κ3) is 3.07. The Kier molecular flexibility index (Phi) is 4.25. The molecule has 1 amide bonds. The third-order valence-corrected chi connectivity index (χ3v) is 4.01. The van der Waals surface area contributed by atoms with Crippen molar-refractivity contribution in [3.05, 3.63) is 0 Å². The zero-order chi connectivity index (χ0) is 14.9. The lowest BCUT2D eigenvalue weighted by Crippen LogP contribution is -2.61. The Morgan fingerprint density at radius 1 is 1.15 bits per heavy atom. The maximum absolute atomic E-state index is 12.4. The lowest BCUT2D eigenvalue weighted by molar-refractivity contribution is -0.158. The Morgan fingerprint density at radius 3 is 2.25 bits per heavy atom. The van der Waals surface area contributed by atoms with Crippen LogP contribution in [0, 0.1) is 5.92 Å². The van der Waals surface area contributed by atoms with Gasteiger partial charge in [-0.25, -0.2) is 9.59 Å². The molecule has 3 fully saturated rings. The smallest absolute Gasteiger partial charge is 0.411 e. The average molecular weight is 283 g/mol. The summed E-state index contributed by atoms with van der Waals surface area (Å²) in [4.78, 5) is 26.3. The maximum Gasteiger partial charge on any atom is 0.411 e. The first-order valence-electron chi connectivity index (χ1n) is 7.51. The fraction of sp³-hybridized carbons (Fsp3) is 0.867. The summed E-state index contributed by atoms with van der Waals surface area (Å²) in [5, 5.41) is 0. The van der Waals surface area contributed by atoms with Crippen molar-refractivity contribution >= 4 is 12.1 Å². The lowest BCUT2D eigenvalue weighted by atomic mass is 9.75. The maximum atomic E-state index is 12.4. The number of nitrogens with zero attached hydrogens (tertiary/aromatic N) is 1. The summed E-state index contributed by atoms with van der Waals surface area (Å²) in [6.45, 7) is 7.65. The standard InChI is InChI=1S/C15H25NO4/c1-5-19-13(17)12-10-6-8-11(9-7-10)16(12)14(18)20-15(2,3)4/h10-12H,5-9H2,1-4H3/t10?,11?,12-/m0/s1. The van der Waals surface area contributed by atoms with Crippen LogP contribution < -0.4 is 0 Å². The molecule has 2 saturated heterocycles. The van der Waals surface area contributed by atoms with Crippen molar-refractivity contribution in [2.45, 2.75) is 71.1 Å². The molecule has 0 aromatic heterocycles. The molecule has 0 spiro atoms. The van der Waals surface area contributed by atoms with Crippen molar-refractivity contribution < 1.29 is 19.1 Å². The molecule has 0 N–H and O–H groups in total. The first-order valence-corrected chi connectivity index (χ1v) is 7.51. The number of rotatable bonds is 2. The summed E-state index contributed by atoms with van der Waals surface area (Å²) >= 11 is 0. The van der Waals surface area contributed by atoms with Crippen LogP contribution in [0.5, 0.6) is 0 Å². The topological polar surface area (TPSA) is 55.8 Å². The van der Waals surface area contributed by atoms with Crippen LogP contribution in [0.4, 0.5) is 4.79 Å². The SMILES string of the molecule is CCOC(=O)[C@@H]1C2CCC(CC2)N1C(=O)OC(C)(C)C. The van der Waals surface area contributed by atoms with Gasteiger partial charge in [-0.05, 0) is 59.3 Å². The van der Waals surface area contributed by atoms with Crippen LogP contribution >= 0.6 is 0 Å². The van der Waals surface area contributed by atoms with Crippen LogP contribution in [0.1, 0.15) is 53.4 Å². The summed E-state index contributed by atoms with van der Waals surface area (Å²) in [6, 6.07) is -0.346. The van der Waals surface area contributed by atoms with Gasteiger partial charge in [0.05, 0.1) is 6.61 Å². The van der Waals surface area contributed by atoms with Crippen LogP contribution in [0.25, 0.3) is 0 Å². The predicted octanol–water partition coefficient (Wildman–Crippen LogP) is 2.73. The Labute approximate surface area is 120 Å². The van der Waals surface area contributed by atoms with Crippen LogP contribution in [-0.2, 0) is 14.3 Å². The van der Waals surface area contributed by atoms with Gasteiger partial charge in [0, 0.05) is 6.04 Å². The number of carbonyl (C=O) groups excluding carboxylic acids is 2. The van der Waals surface area contributed by atoms with Crippen molar-refractivity contribution in [1.29, 1.82) is 0 Å². The minimum atomic E-state index is -0.549. The highest BCUT2D eigenvalue weighted by Gasteiger charge is 2.49. The molecule has 2 heterocycles. The Balaban J connectivity index is 2.18. The first kappa shape index (κ1) is 15.1. The second-order valence-corrected chi connectivity index (χ2v) is 6.65. The van der Waals surface area contributed by atoms with Gasteiger partial charge in [0.2, 0.25) is 0 Å². The normalized spacial score (nSPS) is 29.2. The summed E-state index contributed by atoms with van der Waals surface area (Å²) < 4.78 is 10.6. The van der Waals surface area contributed by atoms with Crippen molar-refractivity contribution in [3.63, 3.8) is 0 Å². The molecule has 2 aliphatic heterocycles. The van der Waals surface area contributed by atoms with Gasteiger partial charge in [0.25, 0.3) is 0 Å². The Bertz CT molecular complexity index is 380. The number of hydrogen-bond donors (Lipinski definition) is 0. The van der Waals surface area contributed by atoms with Gasteiger partial charge in [0.1, 0.15) is 11.6 Å². The average Bonchev–Trinajstić information content (AvgIpc) is 2.37. The van der Waals surface area contributed by atoms with Crippen LogP contribution in [0.15, 0.2) is 0 Å². The molecule has 3 rings (SSSR count). The Morgan fingerprint density at radius 2 is 1.75 bits per heavy atom. The molecule has 1 saturated carbocycles. The van der Waals surface area contributed by atoms with E-state index in [1.807, 2.05) is 20.8 Å². The first-order chi connectivity index (χ1) is 9.33. The van der Waals surface area contributed by atoms with E-state index < -0.39 is 11.6 Å². The van der Waals surface area contributed by atoms with E-state index in [4.69, 9.17) is 9.47 Å². The van der Waals surface area contributed by atoms with Crippen LogP contribution in [0.2, 0.25) is 0 Å². The quantitative estimate of drug-likeness (QED) is 0.731. The van der Waals surface area contributed by atoms with Crippen molar-refractivity contribution in [1.82, 2.24) is 4.90 Å². The van der Waals surface area contributed by atoms with E-state index in [1.165, 1.54) is 0 Å². The summed E-state index contributed by atoms with van der Waals surface area (Å²) in [6.07, 6.45) is 3.52. The molecule has 0 radical (unpaired) electrons. The van der Waals surface area contributed by atoms with E-state index in [2.05, 4.69) is 0 Å². The number of piperidine rings is 2. The molecule has 5 heteroatoms. The van der Waals surface area contributed by atoms with Crippen molar-refractivity contribution in [2.24, 2.45) is 5.92 Å². The molecule has 1 aliphatic carbocycles. The van der Waals surface area contributed by atoms with Gasteiger partial charge in [-0.15, -0.1) is 0 Å². The van der Waals surface area contributed by atoms with Crippen LogP contribution in [-0.4, -0.2) is 41.3 Å². The number of fused-ring (bicyclic) bond motifs is 3. The fourth-order valence-electron chi connectivity index (χ4n) is 3.26. The van der Waals surface area contributed by atoms with E-state index in [0.29, 0.717) is 6.61 Å². The second kappa shape index (κ2) is 5.62. The highest BCUT2D eigenvalue weighted by molar-refractivity contribution is 5.82. The van der Waals surface area contributed by atoms with E-state index in [9.17, 15) is 9.59 Å². The van der Waals surface area contributed by atoms with Gasteiger partial charge in [0.15, 0.2) is 0 Å². The molecule has 0 aromatic rings. The lowest BCUT2D eigenvalue weighted by Gasteiger charge is -2.49. The highest BCUT2D eigenvalue weighted by atomic mass is 16.6. The van der Waals surface area contributed by atoms with Crippen molar-refractivity contribution in [2.75, 3.05) is 6.61 Å². The van der Waals surface area contributed by atoms with Crippen molar-refractivity contribution in [3.8, 4) is 0 Å². The number of carbonyl (C=O) groups is 2. The zero-order valence-electron chi connectivity index (χ0n) is 12.8.